The van der Waals surface area contributed by atoms with Crippen molar-refractivity contribution in [2.75, 3.05) is 52.4 Å². The Morgan fingerprint density at radius 3 is 2.67 bits per heavy atom. The number of piperazine rings is 1. The van der Waals surface area contributed by atoms with Gasteiger partial charge in [-0.15, -0.1) is 24.8 Å². The Balaban J connectivity index is 0.00000160. The van der Waals surface area contributed by atoms with Gasteiger partial charge in [-0.25, -0.2) is 0 Å². The monoisotopic (exact) mass is 458 g/mol. The van der Waals surface area contributed by atoms with Crippen molar-refractivity contribution >= 4 is 36.6 Å². The number of likely N-dealkylation sites (tertiary alicyclic amines) is 1. The van der Waals surface area contributed by atoms with Crippen LogP contribution in [0.5, 0.6) is 0 Å². The topological polar surface area (TPSA) is 65.1 Å². The van der Waals surface area contributed by atoms with Crippen LogP contribution in [0, 0.1) is 0 Å². The summed E-state index contributed by atoms with van der Waals surface area (Å²) < 4.78 is 5.84. The van der Waals surface area contributed by atoms with Gasteiger partial charge in [-0.1, -0.05) is 30.3 Å². The molecule has 2 amide bonds. The zero-order valence-electron chi connectivity index (χ0n) is 17.2. The molecule has 4 rings (SSSR count). The minimum absolute atomic E-state index is 0. The number of carbonyl (C=O) groups is 2. The van der Waals surface area contributed by atoms with E-state index in [1.165, 1.54) is 5.56 Å². The average Bonchev–Trinajstić information content (AvgIpc) is 2.74. The fraction of sp³-hybridized carbons (Fsp3) is 0.619. The largest absolute Gasteiger partial charge is 0.366 e. The van der Waals surface area contributed by atoms with Crippen LogP contribution in [0.4, 0.5) is 0 Å². The van der Waals surface area contributed by atoms with Gasteiger partial charge in [-0.2, -0.15) is 0 Å². The SMILES string of the molecule is Cl.Cl.O=C(C1CN(Cc2ccccc2)CCO1)N1CCCC(N2CCNCC2=O)C1. The predicted octanol–water partition coefficient (Wildman–Crippen LogP) is 1.15. The quantitative estimate of drug-likeness (QED) is 0.732. The van der Waals surface area contributed by atoms with Gasteiger partial charge in [0.1, 0.15) is 6.10 Å². The van der Waals surface area contributed by atoms with E-state index in [1.54, 1.807) is 0 Å². The van der Waals surface area contributed by atoms with E-state index in [2.05, 4.69) is 22.3 Å². The highest BCUT2D eigenvalue weighted by Crippen LogP contribution is 2.20. The number of hydrogen-bond donors (Lipinski definition) is 1. The van der Waals surface area contributed by atoms with Gasteiger partial charge in [-0.3, -0.25) is 14.5 Å². The van der Waals surface area contributed by atoms with E-state index in [1.807, 2.05) is 28.0 Å². The second-order valence-corrected chi connectivity index (χ2v) is 7.92. The number of ether oxygens (including phenoxy) is 1. The Kier molecular flexibility index (Phi) is 9.84. The maximum Gasteiger partial charge on any atom is 0.253 e. The number of carbonyl (C=O) groups excluding carboxylic acids is 2. The summed E-state index contributed by atoms with van der Waals surface area (Å²) in [6.45, 7) is 6.25. The average molecular weight is 459 g/mol. The Hall–Kier alpha value is -1.38. The highest BCUT2D eigenvalue weighted by Gasteiger charge is 2.35. The molecule has 7 nitrogen and oxygen atoms in total. The van der Waals surface area contributed by atoms with Crippen molar-refractivity contribution in [3.8, 4) is 0 Å². The number of piperidine rings is 1. The number of nitrogens with one attached hydrogen (secondary N) is 1. The third-order valence-corrected chi connectivity index (χ3v) is 5.95. The van der Waals surface area contributed by atoms with Crippen molar-refractivity contribution in [1.29, 1.82) is 0 Å². The molecule has 0 radical (unpaired) electrons. The molecular formula is C21H32Cl2N4O3. The molecule has 1 aromatic rings. The van der Waals surface area contributed by atoms with Crippen molar-refractivity contribution in [1.82, 2.24) is 20.0 Å². The summed E-state index contributed by atoms with van der Waals surface area (Å²) >= 11 is 0. The van der Waals surface area contributed by atoms with E-state index in [0.717, 1.165) is 45.6 Å². The van der Waals surface area contributed by atoms with Crippen molar-refractivity contribution < 1.29 is 14.3 Å². The number of benzene rings is 1. The van der Waals surface area contributed by atoms with Gasteiger partial charge in [0.25, 0.3) is 5.91 Å². The molecule has 0 aliphatic carbocycles. The summed E-state index contributed by atoms with van der Waals surface area (Å²) in [7, 11) is 0. The number of nitrogens with zero attached hydrogens (tertiary/aromatic N) is 3. The van der Waals surface area contributed by atoms with Crippen LogP contribution in [0.15, 0.2) is 30.3 Å². The van der Waals surface area contributed by atoms with Crippen LogP contribution in [-0.2, 0) is 20.9 Å². The fourth-order valence-corrected chi connectivity index (χ4v) is 4.46. The lowest BCUT2D eigenvalue weighted by Crippen LogP contribution is -2.59. The molecule has 2 unspecified atom stereocenters. The minimum Gasteiger partial charge on any atom is -0.366 e. The van der Waals surface area contributed by atoms with Crippen molar-refractivity contribution in [2.24, 2.45) is 0 Å². The summed E-state index contributed by atoms with van der Waals surface area (Å²) in [5.74, 6) is 0.221. The van der Waals surface area contributed by atoms with Crippen molar-refractivity contribution in [2.45, 2.75) is 31.5 Å². The van der Waals surface area contributed by atoms with Gasteiger partial charge >= 0.3 is 0 Å². The van der Waals surface area contributed by atoms with E-state index in [4.69, 9.17) is 4.74 Å². The molecule has 0 bridgehead atoms. The molecule has 0 spiro atoms. The summed E-state index contributed by atoms with van der Waals surface area (Å²) in [6, 6.07) is 10.5. The van der Waals surface area contributed by atoms with E-state index in [-0.39, 0.29) is 42.7 Å². The molecule has 168 valence electrons. The highest BCUT2D eigenvalue weighted by atomic mass is 35.5. The molecule has 0 saturated carbocycles. The Labute approximate surface area is 190 Å². The minimum atomic E-state index is -0.407. The number of hydrogen-bond acceptors (Lipinski definition) is 5. The van der Waals surface area contributed by atoms with Gasteiger partial charge in [0.05, 0.1) is 13.2 Å². The van der Waals surface area contributed by atoms with Crippen molar-refractivity contribution in [3.63, 3.8) is 0 Å². The second kappa shape index (κ2) is 11.9. The molecular weight excluding hydrogens is 427 g/mol. The first-order valence-electron chi connectivity index (χ1n) is 10.4. The number of morpholine rings is 1. The molecule has 9 heteroatoms. The number of amides is 2. The molecule has 0 aromatic heterocycles. The standard InChI is InChI=1S/C21H30N4O3.2ClH/c26-20-13-22-8-10-25(20)18-7-4-9-24(15-18)21(27)19-16-23(11-12-28-19)14-17-5-2-1-3-6-17;;/h1-3,5-6,18-19,22H,4,7-16H2;2*1H. The number of halogens is 2. The first kappa shape index (κ1) is 24.9. The van der Waals surface area contributed by atoms with Crippen LogP contribution >= 0.6 is 24.8 Å². The van der Waals surface area contributed by atoms with E-state index in [9.17, 15) is 9.59 Å². The third-order valence-electron chi connectivity index (χ3n) is 5.95. The lowest BCUT2D eigenvalue weighted by molar-refractivity contribution is -0.153. The molecule has 1 aromatic carbocycles. The predicted molar refractivity (Wildman–Crippen MR) is 120 cm³/mol. The first-order valence-corrected chi connectivity index (χ1v) is 10.4. The van der Waals surface area contributed by atoms with E-state index >= 15 is 0 Å². The second-order valence-electron chi connectivity index (χ2n) is 7.92. The molecule has 3 heterocycles. The molecule has 3 aliphatic rings. The summed E-state index contributed by atoms with van der Waals surface area (Å²) in [5.41, 5.74) is 1.26. The maximum absolute atomic E-state index is 13.1. The van der Waals surface area contributed by atoms with Gasteiger partial charge in [0.15, 0.2) is 0 Å². The molecule has 2 atom stereocenters. The van der Waals surface area contributed by atoms with Gasteiger partial charge in [0.2, 0.25) is 5.91 Å². The maximum atomic E-state index is 13.1. The van der Waals surface area contributed by atoms with Crippen LogP contribution in [0.2, 0.25) is 0 Å². The smallest absolute Gasteiger partial charge is 0.253 e. The Bertz CT molecular complexity index is 694. The van der Waals surface area contributed by atoms with Crippen LogP contribution in [0.1, 0.15) is 18.4 Å². The lowest BCUT2D eigenvalue weighted by Gasteiger charge is -2.42. The Morgan fingerprint density at radius 1 is 1.10 bits per heavy atom. The first-order chi connectivity index (χ1) is 13.7. The van der Waals surface area contributed by atoms with Gasteiger partial charge < -0.3 is 19.9 Å². The van der Waals surface area contributed by atoms with E-state index in [0.29, 0.717) is 26.2 Å². The van der Waals surface area contributed by atoms with Crippen molar-refractivity contribution in [3.05, 3.63) is 35.9 Å². The van der Waals surface area contributed by atoms with E-state index < -0.39 is 6.10 Å². The van der Waals surface area contributed by atoms with Crippen LogP contribution in [0.25, 0.3) is 0 Å². The fourth-order valence-electron chi connectivity index (χ4n) is 4.46. The third kappa shape index (κ3) is 6.08. The van der Waals surface area contributed by atoms with Gasteiger partial charge in [-0.05, 0) is 18.4 Å². The summed E-state index contributed by atoms with van der Waals surface area (Å²) in [5, 5.41) is 3.12. The highest BCUT2D eigenvalue weighted by molar-refractivity contribution is 5.85. The van der Waals surface area contributed by atoms with Crippen LogP contribution < -0.4 is 5.32 Å². The zero-order chi connectivity index (χ0) is 19.3. The zero-order valence-corrected chi connectivity index (χ0v) is 18.8. The number of rotatable bonds is 4. The molecule has 1 N–H and O–H groups in total. The van der Waals surface area contributed by atoms with Gasteiger partial charge in [0, 0.05) is 51.9 Å². The molecule has 3 saturated heterocycles. The molecule has 3 fully saturated rings. The normalized spacial score (nSPS) is 25.3. The summed E-state index contributed by atoms with van der Waals surface area (Å²) in [4.78, 5) is 31.5. The molecule has 3 aliphatic heterocycles. The van der Waals surface area contributed by atoms with Crippen LogP contribution in [-0.4, -0.2) is 91.1 Å². The Morgan fingerprint density at radius 2 is 1.90 bits per heavy atom. The molecule has 30 heavy (non-hydrogen) atoms. The van der Waals surface area contributed by atoms with Crippen LogP contribution in [0.3, 0.4) is 0 Å². The summed E-state index contributed by atoms with van der Waals surface area (Å²) in [6.07, 6.45) is 1.50. The lowest BCUT2D eigenvalue weighted by atomic mass is 10.0.